The molecule has 1 aromatic carbocycles. The number of carbonyl (C=O) groups excluding carboxylic acids is 2. The van der Waals surface area contributed by atoms with Gasteiger partial charge in [0.05, 0.1) is 37.1 Å². The summed E-state index contributed by atoms with van der Waals surface area (Å²) in [6, 6.07) is 7.82. The van der Waals surface area contributed by atoms with Gasteiger partial charge in [-0.2, -0.15) is 0 Å². The lowest BCUT2D eigenvalue weighted by molar-refractivity contribution is -0.190. The zero-order valence-corrected chi connectivity index (χ0v) is 17.5. The van der Waals surface area contributed by atoms with Gasteiger partial charge >= 0.3 is 5.97 Å². The normalized spacial score (nSPS) is 31.8. The zero-order valence-electron chi connectivity index (χ0n) is 17.5. The molecule has 4 aliphatic rings. The maximum Gasteiger partial charge on any atom is 0.309 e. The first-order valence-electron chi connectivity index (χ1n) is 11.3. The second-order valence-corrected chi connectivity index (χ2v) is 8.75. The van der Waals surface area contributed by atoms with Crippen LogP contribution in [0.4, 0.5) is 5.69 Å². The Kier molecular flexibility index (Phi) is 5.29. The third-order valence-corrected chi connectivity index (χ3v) is 6.90. The van der Waals surface area contributed by atoms with E-state index in [1.54, 1.807) is 4.90 Å². The lowest BCUT2D eigenvalue weighted by Gasteiger charge is -2.34. The van der Waals surface area contributed by atoms with Gasteiger partial charge in [0.25, 0.3) is 11.7 Å². The molecule has 3 fully saturated rings. The number of piperidine rings is 1. The molecule has 1 spiro atoms. The Balaban J connectivity index is 1.32. The van der Waals surface area contributed by atoms with Gasteiger partial charge in [0, 0.05) is 18.7 Å². The van der Waals surface area contributed by atoms with Crippen molar-refractivity contribution in [1.82, 2.24) is 4.90 Å². The van der Waals surface area contributed by atoms with Gasteiger partial charge in [0.1, 0.15) is 0 Å². The van der Waals surface area contributed by atoms with Crippen LogP contribution in [0.1, 0.15) is 51.0 Å². The van der Waals surface area contributed by atoms with E-state index in [0.29, 0.717) is 13.3 Å². The van der Waals surface area contributed by atoms with Crippen molar-refractivity contribution in [2.45, 2.75) is 63.4 Å². The highest BCUT2D eigenvalue weighted by atomic mass is 16.8. The van der Waals surface area contributed by atoms with E-state index in [0.717, 1.165) is 62.9 Å². The molecule has 7 heteroatoms. The molecule has 3 aliphatic heterocycles. The van der Waals surface area contributed by atoms with Crippen molar-refractivity contribution in [3.63, 3.8) is 0 Å². The van der Waals surface area contributed by atoms with Crippen LogP contribution in [0.3, 0.4) is 0 Å². The molecule has 30 heavy (non-hydrogen) atoms. The van der Waals surface area contributed by atoms with Gasteiger partial charge in [-0.15, -0.1) is 0 Å². The van der Waals surface area contributed by atoms with Crippen LogP contribution in [-0.4, -0.2) is 55.3 Å². The molecule has 0 radical (unpaired) electrons. The molecular formula is C23H30N2O5. The molecule has 1 saturated carbocycles. The number of likely N-dealkylation sites (tertiary alicyclic amines) is 1. The topological polar surface area (TPSA) is 68.3 Å². The van der Waals surface area contributed by atoms with E-state index >= 15 is 0 Å². The molecule has 0 bridgehead atoms. The van der Waals surface area contributed by atoms with E-state index in [9.17, 15) is 9.59 Å². The maximum atomic E-state index is 13.6. The van der Waals surface area contributed by atoms with E-state index < -0.39 is 5.79 Å². The minimum atomic E-state index is -1.29. The van der Waals surface area contributed by atoms with E-state index in [1.165, 1.54) is 0 Å². The molecule has 0 N–H and O–H groups in total. The maximum absolute atomic E-state index is 13.6. The minimum absolute atomic E-state index is 0.00368. The fraction of sp³-hybridized carbons (Fsp3) is 0.652. The summed E-state index contributed by atoms with van der Waals surface area (Å²) in [6.07, 6.45) is 5.64. The van der Waals surface area contributed by atoms with E-state index in [-0.39, 0.29) is 30.0 Å². The average Bonchev–Trinajstić information content (AvgIpc) is 3.27. The first-order valence-corrected chi connectivity index (χ1v) is 11.3. The molecule has 1 unspecified atom stereocenters. The van der Waals surface area contributed by atoms with Crippen molar-refractivity contribution in [2.24, 2.45) is 5.92 Å². The van der Waals surface area contributed by atoms with Gasteiger partial charge in [-0.25, -0.2) is 0 Å². The highest BCUT2D eigenvalue weighted by Crippen LogP contribution is 2.51. The molecule has 5 rings (SSSR count). The smallest absolute Gasteiger partial charge is 0.309 e. The number of carbonyl (C=O) groups is 2. The standard InChI is InChI=1S/C23H30N2O5/c1-2-28-21(26)16-11-13-24(14-12-16)15-25-18-8-4-3-7-17(18)23(22(25)27)29-19-9-5-6-10-20(19)30-23/h3-4,7-8,16,19-20H,2,5-6,9-15H2,1H3/t19-,20+,23?. The summed E-state index contributed by atoms with van der Waals surface area (Å²) in [6.45, 7) is 4.25. The van der Waals surface area contributed by atoms with Gasteiger partial charge in [0.2, 0.25) is 0 Å². The summed E-state index contributed by atoms with van der Waals surface area (Å²) in [5, 5.41) is 0. The second kappa shape index (κ2) is 7.94. The number of para-hydroxylation sites is 1. The Hall–Kier alpha value is -1.96. The number of fused-ring (bicyclic) bond motifs is 3. The Labute approximate surface area is 177 Å². The van der Waals surface area contributed by atoms with Gasteiger partial charge in [0.15, 0.2) is 0 Å². The first kappa shape index (κ1) is 20.0. The quantitative estimate of drug-likeness (QED) is 0.706. The summed E-state index contributed by atoms with van der Waals surface area (Å²) >= 11 is 0. The molecule has 3 heterocycles. The Morgan fingerprint density at radius 1 is 1.10 bits per heavy atom. The van der Waals surface area contributed by atoms with Crippen LogP contribution < -0.4 is 4.90 Å². The number of rotatable bonds is 4. The van der Waals surface area contributed by atoms with Gasteiger partial charge < -0.3 is 14.2 Å². The van der Waals surface area contributed by atoms with Crippen LogP contribution in [0.2, 0.25) is 0 Å². The van der Waals surface area contributed by atoms with Crippen LogP contribution in [0.15, 0.2) is 24.3 Å². The summed E-state index contributed by atoms with van der Waals surface area (Å²) in [4.78, 5) is 29.7. The van der Waals surface area contributed by atoms with Crippen LogP contribution >= 0.6 is 0 Å². The highest BCUT2D eigenvalue weighted by Gasteiger charge is 2.61. The number of amides is 1. The number of hydrogen-bond acceptors (Lipinski definition) is 6. The second-order valence-electron chi connectivity index (χ2n) is 8.75. The number of ether oxygens (including phenoxy) is 3. The summed E-state index contributed by atoms with van der Waals surface area (Å²) in [7, 11) is 0. The third-order valence-electron chi connectivity index (χ3n) is 6.90. The highest BCUT2D eigenvalue weighted by molar-refractivity contribution is 6.06. The number of anilines is 1. The average molecular weight is 415 g/mol. The fourth-order valence-electron chi connectivity index (χ4n) is 5.31. The summed E-state index contributed by atoms with van der Waals surface area (Å²) in [5.41, 5.74) is 1.69. The van der Waals surface area contributed by atoms with Crippen molar-refractivity contribution in [2.75, 3.05) is 31.3 Å². The zero-order chi connectivity index (χ0) is 20.7. The van der Waals surface area contributed by atoms with Crippen LogP contribution in [0, 0.1) is 5.92 Å². The Morgan fingerprint density at radius 3 is 2.43 bits per heavy atom. The van der Waals surface area contributed by atoms with Crippen LogP contribution in [0.25, 0.3) is 0 Å². The SMILES string of the molecule is CCOC(=O)C1CCN(CN2C(=O)C3(O[C@H]4CCCC[C@H]4O3)c3ccccc32)CC1. The van der Waals surface area contributed by atoms with Crippen LogP contribution in [-0.2, 0) is 29.6 Å². The number of nitrogens with zero attached hydrogens (tertiary/aromatic N) is 2. The molecule has 1 aromatic rings. The first-order chi connectivity index (χ1) is 14.6. The predicted molar refractivity (Wildman–Crippen MR) is 110 cm³/mol. The number of hydrogen-bond donors (Lipinski definition) is 0. The molecule has 3 atom stereocenters. The third kappa shape index (κ3) is 3.24. The van der Waals surface area contributed by atoms with Crippen molar-refractivity contribution >= 4 is 17.6 Å². The lowest BCUT2D eigenvalue weighted by Crippen LogP contribution is -2.48. The number of benzene rings is 1. The number of esters is 1. The van der Waals surface area contributed by atoms with Gasteiger partial charge in [-0.1, -0.05) is 31.0 Å². The molecule has 0 aromatic heterocycles. The Morgan fingerprint density at radius 2 is 1.77 bits per heavy atom. The molecule has 7 nitrogen and oxygen atoms in total. The molecule has 1 aliphatic carbocycles. The molecule has 2 saturated heterocycles. The van der Waals surface area contributed by atoms with Crippen molar-refractivity contribution in [3.8, 4) is 0 Å². The molecule has 1 amide bonds. The van der Waals surface area contributed by atoms with E-state index in [1.807, 2.05) is 31.2 Å². The summed E-state index contributed by atoms with van der Waals surface area (Å²) < 4.78 is 17.9. The molecular weight excluding hydrogens is 384 g/mol. The lowest BCUT2D eigenvalue weighted by atomic mass is 9.95. The van der Waals surface area contributed by atoms with E-state index in [4.69, 9.17) is 14.2 Å². The largest absolute Gasteiger partial charge is 0.466 e. The summed E-state index contributed by atoms with van der Waals surface area (Å²) in [5.74, 6) is -1.56. The Bertz CT molecular complexity index is 806. The molecule has 162 valence electrons. The minimum Gasteiger partial charge on any atom is -0.466 e. The van der Waals surface area contributed by atoms with E-state index in [2.05, 4.69) is 4.90 Å². The van der Waals surface area contributed by atoms with Gasteiger partial charge in [-0.3, -0.25) is 19.4 Å². The predicted octanol–water partition coefficient (Wildman–Crippen LogP) is 2.78. The van der Waals surface area contributed by atoms with Gasteiger partial charge in [-0.05, 0) is 38.7 Å². The van der Waals surface area contributed by atoms with Crippen molar-refractivity contribution < 1.29 is 23.8 Å². The van der Waals surface area contributed by atoms with Crippen molar-refractivity contribution in [3.05, 3.63) is 29.8 Å². The monoisotopic (exact) mass is 414 g/mol. The van der Waals surface area contributed by atoms with Crippen molar-refractivity contribution in [1.29, 1.82) is 0 Å². The fourth-order valence-corrected chi connectivity index (χ4v) is 5.31. The van der Waals surface area contributed by atoms with Crippen LogP contribution in [0.5, 0.6) is 0 Å².